The minimum absolute atomic E-state index is 0.0234. The molecule has 1 amide bonds. The molecule has 7 nitrogen and oxygen atoms in total. The van der Waals surface area contributed by atoms with Crippen LogP contribution in [0.25, 0.3) is 5.69 Å². The number of hydrogen-bond donors (Lipinski definition) is 1. The maximum absolute atomic E-state index is 12.0. The maximum atomic E-state index is 12.0. The van der Waals surface area contributed by atoms with E-state index in [9.17, 15) is 9.90 Å². The van der Waals surface area contributed by atoms with Crippen LogP contribution in [0.2, 0.25) is 0 Å². The van der Waals surface area contributed by atoms with E-state index in [1.165, 1.54) is 16.4 Å². The number of nitrogens with zero attached hydrogens (tertiary/aromatic N) is 5. The highest BCUT2D eigenvalue weighted by atomic mass is 32.2. The molecule has 0 atom stereocenters. The van der Waals surface area contributed by atoms with Gasteiger partial charge in [-0.05, 0) is 48.5 Å². The van der Waals surface area contributed by atoms with E-state index in [0.29, 0.717) is 5.16 Å². The van der Waals surface area contributed by atoms with Crippen molar-refractivity contribution in [1.82, 2.24) is 25.1 Å². The van der Waals surface area contributed by atoms with Gasteiger partial charge in [-0.2, -0.15) is 4.68 Å². The van der Waals surface area contributed by atoms with Crippen LogP contribution < -0.4 is 0 Å². The first kappa shape index (κ1) is 15.3. The molecule has 0 aliphatic rings. The van der Waals surface area contributed by atoms with E-state index in [0.717, 1.165) is 5.69 Å². The molecule has 1 aromatic heterocycles. The van der Waals surface area contributed by atoms with Crippen LogP contribution in [0.3, 0.4) is 0 Å². The molecular weight excluding hydrogens is 290 g/mol. The van der Waals surface area contributed by atoms with Crippen LogP contribution in [0.5, 0.6) is 5.75 Å². The highest BCUT2D eigenvalue weighted by molar-refractivity contribution is 7.99. The van der Waals surface area contributed by atoms with Crippen molar-refractivity contribution >= 4 is 17.7 Å². The summed E-state index contributed by atoms with van der Waals surface area (Å²) < 4.78 is 1.53. The summed E-state index contributed by atoms with van der Waals surface area (Å²) in [5, 5.41) is 21.3. The van der Waals surface area contributed by atoms with Gasteiger partial charge in [0, 0.05) is 13.1 Å². The molecule has 112 valence electrons. The number of benzene rings is 1. The predicted molar refractivity (Wildman–Crippen MR) is 79.4 cm³/mol. The quantitative estimate of drug-likeness (QED) is 0.839. The lowest BCUT2D eigenvalue weighted by atomic mass is 10.3. The minimum atomic E-state index is 0.0234. The molecule has 0 saturated carbocycles. The molecule has 1 heterocycles. The summed E-state index contributed by atoms with van der Waals surface area (Å²) in [5.41, 5.74) is 0.727. The topological polar surface area (TPSA) is 84.1 Å². The number of phenols is 1. The Balaban J connectivity index is 2.07. The van der Waals surface area contributed by atoms with Crippen molar-refractivity contribution in [2.45, 2.75) is 25.0 Å². The van der Waals surface area contributed by atoms with E-state index in [4.69, 9.17) is 0 Å². The number of amides is 1. The van der Waals surface area contributed by atoms with Crippen molar-refractivity contribution in [2.24, 2.45) is 0 Å². The number of aromatic nitrogens is 4. The second-order valence-electron chi connectivity index (χ2n) is 4.78. The van der Waals surface area contributed by atoms with Gasteiger partial charge in [-0.1, -0.05) is 11.8 Å². The van der Waals surface area contributed by atoms with Crippen LogP contribution in [-0.4, -0.2) is 55.0 Å². The SMILES string of the molecule is CC(C)N(C)C(=O)CSc1nnnn1-c1ccc(O)cc1. The van der Waals surface area contributed by atoms with Gasteiger partial charge in [-0.25, -0.2) is 0 Å². The molecule has 0 fully saturated rings. The Bertz CT molecular complexity index is 611. The summed E-state index contributed by atoms with van der Waals surface area (Å²) in [6.07, 6.45) is 0. The molecule has 0 radical (unpaired) electrons. The summed E-state index contributed by atoms with van der Waals surface area (Å²) in [6, 6.07) is 6.69. The molecule has 2 rings (SSSR count). The van der Waals surface area contributed by atoms with E-state index >= 15 is 0 Å². The summed E-state index contributed by atoms with van der Waals surface area (Å²) in [6.45, 7) is 3.92. The summed E-state index contributed by atoms with van der Waals surface area (Å²) in [7, 11) is 1.77. The number of thioether (sulfide) groups is 1. The molecule has 1 aromatic carbocycles. The van der Waals surface area contributed by atoms with E-state index in [1.54, 1.807) is 36.2 Å². The average Bonchev–Trinajstić information content (AvgIpc) is 2.93. The van der Waals surface area contributed by atoms with Gasteiger partial charge in [0.15, 0.2) is 0 Å². The minimum Gasteiger partial charge on any atom is -0.508 e. The molecule has 2 aromatic rings. The highest BCUT2D eigenvalue weighted by Gasteiger charge is 2.15. The maximum Gasteiger partial charge on any atom is 0.233 e. The van der Waals surface area contributed by atoms with Gasteiger partial charge in [0.2, 0.25) is 11.1 Å². The lowest BCUT2D eigenvalue weighted by Gasteiger charge is -2.20. The summed E-state index contributed by atoms with van der Waals surface area (Å²) >= 11 is 1.28. The number of carbonyl (C=O) groups excluding carboxylic acids is 1. The second-order valence-corrected chi connectivity index (χ2v) is 5.72. The standard InChI is InChI=1S/C13H17N5O2S/c1-9(2)17(3)12(20)8-21-13-14-15-16-18(13)10-4-6-11(19)7-5-10/h4-7,9,19H,8H2,1-3H3. The van der Waals surface area contributed by atoms with Crippen LogP contribution >= 0.6 is 11.8 Å². The first-order valence-corrected chi connectivity index (χ1v) is 7.44. The van der Waals surface area contributed by atoms with Crippen molar-refractivity contribution < 1.29 is 9.90 Å². The number of hydrogen-bond acceptors (Lipinski definition) is 6. The third kappa shape index (κ3) is 3.72. The average molecular weight is 307 g/mol. The molecule has 0 spiro atoms. The van der Waals surface area contributed by atoms with Gasteiger partial charge in [-0.15, -0.1) is 5.10 Å². The molecule has 0 unspecified atom stereocenters. The Kier molecular flexibility index (Phi) is 4.79. The van der Waals surface area contributed by atoms with Crippen LogP contribution in [0.1, 0.15) is 13.8 Å². The molecule has 21 heavy (non-hydrogen) atoms. The number of tetrazole rings is 1. The number of phenolic OH excluding ortho intramolecular Hbond substituents is 1. The molecule has 0 bridgehead atoms. The fourth-order valence-corrected chi connectivity index (χ4v) is 2.36. The Morgan fingerprint density at radius 1 is 1.38 bits per heavy atom. The van der Waals surface area contributed by atoms with Crippen molar-refractivity contribution in [3.05, 3.63) is 24.3 Å². The van der Waals surface area contributed by atoms with Gasteiger partial charge in [-0.3, -0.25) is 4.79 Å². The lowest BCUT2D eigenvalue weighted by Crippen LogP contribution is -2.34. The molecule has 0 aliphatic carbocycles. The Morgan fingerprint density at radius 3 is 2.67 bits per heavy atom. The van der Waals surface area contributed by atoms with Crippen LogP contribution in [0.4, 0.5) is 0 Å². The zero-order valence-electron chi connectivity index (χ0n) is 12.1. The zero-order valence-corrected chi connectivity index (χ0v) is 12.9. The number of aromatic hydroxyl groups is 1. The van der Waals surface area contributed by atoms with Crippen LogP contribution in [-0.2, 0) is 4.79 Å². The normalized spacial score (nSPS) is 10.9. The van der Waals surface area contributed by atoms with Crippen molar-refractivity contribution in [1.29, 1.82) is 0 Å². The number of carbonyl (C=O) groups is 1. The second kappa shape index (κ2) is 6.57. The smallest absolute Gasteiger partial charge is 0.233 e. The first-order chi connectivity index (χ1) is 9.99. The summed E-state index contributed by atoms with van der Waals surface area (Å²) in [4.78, 5) is 13.6. The third-order valence-corrected chi connectivity index (χ3v) is 3.93. The van der Waals surface area contributed by atoms with E-state index < -0.39 is 0 Å². The Morgan fingerprint density at radius 2 is 2.05 bits per heavy atom. The largest absolute Gasteiger partial charge is 0.508 e. The molecule has 1 N–H and O–H groups in total. The first-order valence-electron chi connectivity index (χ1n) is 6.45. The molecular formula is C13H17N5O2S. The van der Waals surface area contributed by atoms with Crippen molar-refractivity contribution in [3.8, 4) is 11.4 Å². The Labute approximate surface area is 127 Å². The molecule has 0 saturated heterocycles. The van der Waals surface area contributed by atoms with E-state index in [2.05, 4.69) is 15.5 Å². The van der Waals surface area contributed by atoms with Gasteiger partial charge in [0.1, 0.15) is 5.75 Å². The third-order valence-electron chi connectivity index (χ3n) is 3.03. The summed E-state index contributed by atoms with van der Waals surface area (Å²) in [5.74, 6) is 0.470. The molecule has 8 heteroatoms. The van der Waals surface area contributed by atoms with E-state index in [1.807, 2.05) is 13.8 Å². The van der Waals surface area contributed by atoms with Gasteiger partial charge >= 0.3 is 0 Å². The van der Waals surface area contributed by atoms with Crippen LogP contribution in [0, 0.1) is 0 Å². The predicted octanol–water partition coefficient (Wildman–Crippen LogP) is 1.33. The lowest BCUT2D eigenvalue weighted by molar-refractivity contribution is -0.128. The van der Waals surface area contributed by atoms with Gasteiger partial charge in [0.25, 0.3) is 0 Å². The monoisotopic (exact) mass is 307 g/mol. The number of rotatable bonds is 5. The fourth-order valence-electron chi connectivity index (χ4n) is 1.54. The van der Waals surface area contributed by atoms with E-state index in [-0.39, 0.29) is 23.5 Å². The van der Waals surface area contributed by atoms with Crippen molar-refractivity contribution in [3.63, 3.8) is 0 Å². The van der Waals surface area contributed by atoms with Crippen LogP contribution in [0.15, 0.2) is 29.4 Å². The molecule has 0 aliphatic heterocycles. The highest BCUT2D eigenvalue weighted by Crippen LogP contribution is 2.20. The Hall–Kier alpha value is -2.09. The van der Waals surface area contributed by atoms with Crippen molar-refractivity contribution in [2.75, 3.05) is 12.8 Å². The van der Waals surface area contributed by atoms with Gasteiger partial charge < -0.3 is 10.0 Å². The fraction of sp³-hybridized carbons (Fsp3) is 0.385. The zero-order chi connectivity index (χ0) is 15.4. The van der Waals surface area contributed by atoms with Gasteiger partial charge in [0.05, 0.1) is 11.4 Å².